The summed E-state index contributed by atoms with van der Waals surface area (Å²) in [6.45, 7) is 0.756. The summed E-state index contributed by atoms with van der Waals surface area (Å²) in [7, 11) is 1.69. The molecule has 0 aliphatic heterocycles. The van der Waals surface area contributed by atoms with Crippen molar-refractivity contribution in [2.75, 3.05) is 25.5 Å². The number of nitrogens with one attached hydrogen (secondary N) is 3. The number of aliphatic imine (C=N–C) groups is 1. The van der Waals surface area contributed by atoms with Crippen LogP contribution in [0.1, 0.15) is 37.7 Å². The molecule has 0 atom stereocenters. The van der Waals surface area contributed by atoms with Crippen LogP contribution in [0, 0.1) is 0 Å². The molecule has 24 heavy (non-hydrogen) atoms. The first-order valence-electron chi connectivity index (χ1n) is 8.24. The molecule has 1 aliphatic rings. The number of halogens is 3. The Balaban J connectivity index is 1.78. The summed E-state index contributed by atoms with van der Waals surface area (Å²) in [4.78, 5) is 7.93. The van der Waals surface area contributed by atoms with Crippen molar-refractivity contribution in [3.05, 3.63) is 23.9 Å². The molecule has 1 saturated carbocycles. The Morgan fingerprint density at radius 3 is 2.67 bits per heavy atom. The molecule has 0 aromatic carbocycles. The molecule has 0 spiro atoms. The second-order valence-corrected chi connectivity index (χ2v) is 5.80. The molecule has 2 rings (SSSR count). The van der Waals surface area contributed by atoms with Gasteiger partial charge < -0.3 is 16.0 Å². The van der Waals surface area contributed by atoms with Crippen molar-refractivity contribution in [2.45, 2.75) is 44.3 Å². The molecule has 3 N–H and O–H groups in total. The van der Waals surface area contributed by atoms with E-state index in [-0.39, 0.29) is 5.82 Å². The molecule has 0 radical (unpaired) electrons. The molecule has 1 aromatic rings. The fourth-order valence-corrected chi connectivity index (χ4v) is 2.77. The van der Waals surface area contributed by atoms with Gasteiger partial charge in [-0.1, -0.05) is 19.3 Å². The van der Waals surface area contributed by atoms with Crippen LogP contribution in [-0.2, 0) is 6.18 Å². The third-order valence-corrected chi connectivity index (χ3v) is 3.99. The van der Waals surface area contributed by atoms with E-state index in [0.717, 1.165) is 18.9 Å². The van der Waals surface area contributed by atoms with E-state index in [2.05, 4.69) is 25.9 Å². The summed E-state index contributed by atoms with van der Waals surface area (Å²) in [5.41, 5.74) is -0.755. The minimum atomic E-state index is -4.41. The molecule has 0 amide bonds. The molecular formula is C16H24F3N5. The number of alkyl halides is 3. The first-order valence-corrected chi connectivity index (χ1v) is 8.24. The highest BCUT2D eigenvalue weighted by atomic mass is 19.4. The molecule has 1 heterocycles. The van der Waals surface area contributed by atoms with E-state index >= 15 is 0 Å². The molecule has 0 saturated heterocycles. The third-order valence-electron chi connectivity index (χ3n) is 3.99. The maximum atomic E-state index is 12.9. The van der Waals surface area contributed by atoms with Gasteiger partial charge in [-0.3, -0.25) is 4.99 Å². The van der Waals surface area contributed by atoms with Gasteiger partial charge in [-0.05, 0) is 25.0 Å². The minimum Gasteiger partial charge on any atom is -0.368 e. The topological polar surface area (TPSA) is 61.3 Å². The summed E-state index contributed by atoms with van der Waals surface area (Å²) >= 11 is 0. The number of hydrogen-bond donors (Lipinski definition) is 3. The first-order chi connectivity index (χ1) is 11.5. The van der Waals surface area contributed by atoms with Crippen molar-refractivity contribution in [1.29, 1.82) is 0 Å². The van der Waals surface area contributed by atoms with Gasteiger partial charge in [0, 0.05) is 32.4 Å². The van der Waals surface area contributed by atoms with E-state index in [9.17, 15) is 13.2 Å². The predicted octanol–water partition coefficient (Wildman–Crippen LogP) is 3.01. The van der Waals surface area contributed by atoms with Crippen molar-refractivity contribution in [3.8, 4) is 0 Å². The average molecular weight is 343 g/mol. The van der Waals surface area contributed by atoms with Gasteiger partial charge in [-0.2, -0.15) is 13.2 Å². The predicted molar refractivity (Wildman–Crippen MR) is 89.1 cm³/mol. The van der Waals surface area contributed by atoms with Crippen molar-refractivity contribution in [1.82, 2.24) is 15.6 Å². The van der Waals surface area contributed by atoms with E-state index in [1.54, 1.807) is 7.05 Å². The number of rotatable bonds is 5. The Labute approximate surface area is 140 Å². The van der Waals surface area contributed by atoms with Crippen molar-refractivity contribution in [2.24, 2.45) is 4.99 Å². The Morgan fingerprint density at radius 1 is 1.25 bits per heavy atom. The SMILES string of the molecule is CN=C(NCCNc1ncccc1C(F)(F)F)NC1CCCCC1. The highest BCUT2D eigenvalue weighted by Gasteiger charge is 2.33. The van der Waals surface area contributed by atoms with Crippen LogP contribution in [-0.4, -0.2) is 37.1 Å². The maximum absolute atomic E-state index is 12.9. The van der Waals surface area contributed by atoms with Gasteiger partial charge in [-0.25, -0.2) is 4.98 Å². The number of aromatic nitrogens is 1. The van der Waals surface area contributed by atoms with Gasteiger partial charge >= 0.3 is 6.18 Å². The molecule has 8 heteroatoms. The molecule has 1 fully saturated rings. The van der Waals surface area contributed by atoms with Crippen molar-refractivity contribution in [3.63, 3.8) is 0 Å². The second-order valence-electron chi connectivity index (χ2n) is 5.80. The fraction of sp³-hybridized carbons (Fsp3) is 0.625. The fourth-order valence-electron chi connectivity index (χ4n) is 2.77. The van der Waals surface area contributed by atoms with Crippen LogP contribution in [0.4, 0.5) is 19.0 Å². The van der Waals surface area contributed by atoms with Crippen LogP contribution in [0.2, 0.25) is 0 Å². The van der Waals surface area contributed by atoms with E-state index in [0.29, 0.717) is 25.1 Å². The molecule has 134 valence electrons. The van der Waals surface area contributed by atoms with Gasteiger partial charge in [-0.15, -0.1) is 0 Å². The van der Waals surface area contributed by atoms with Gasteiger partial charge in [0.15, 0.2) is 5.96 Å². The Bertz CT molecular complexity index is 539. The zero-order valence-electron chi connectivity index (χ0n) is 13.8. The van der Waals surface area contributed by atoms with E-state index in [1.807, 2.05) is 0 Å². The van der Waals surface area contributed by atoms with Gasteiger partial charge in [0.1, 0.15) is 5.82 Å². The molecular weight excluding hydrogens is 319 g/mol. The summed E-state index contributed by atoms with van der Waals surface area (Å²) in [5, 5.41) is 9.19. The van der Waals surface area contributed by atoms with Crippen LogP contribution >= 0.6 is 0 Å². The van der Waals surface area contributed by atoms with E-state index in [1.165, 1.54) is 31.5 Å². The minimum absolute atomic E-state index is 0.151. The van der Waals surface area contributed by atoms with E-state index < -0.39 is 11.7 Å². The lowest BCUT2D eigenvalue weighted by Gasteiger charge is -2.25. The largest absolute Gasteiger partial charge is 0.419 e. The molecule has 0 bridgehead atoms. The van der Waals surface area contributed by atoms with Gasteiger partial charge in [0.2, 0.25) is 0 Å². The smallest absolute Gasteiger partial charge is 0.368 e. The lowest BCUT2D eigenvalue weighted by Crippen LogP contribution is -2.45. The summed E-state index contributed by atoms with van der Waals surface area (Å²) in [6, 6.07) is 2.72. The average Bonchev–Trinajstić information content (AvgIpc) is 2.58. The normalized spacial score (nSPS) is 16.8. The number of hydrogen-bond acceptors (Lipinski definition) is 3. The summed E-state index contributed by atoms with van der Waals surface area (Å²) in [5.74, 6) is 0.530. The standard InChI is InChI=1S/C16H24F3N5/c1-20-15(24-12-6-3-2-4-7-12)23-11-10-22-14-13(16(17,18)19)8-5-9-21-14/h5,8-9,12H,2-4,6-7,10-11H2,1H3,(H,21,22)(H2,20,23,24). The lowest BCUT2D eigenvalue weighted by molar-refractivity contribution is -0.137. The number of anilines is 1. The number of nitrogens with zero attached hydrogens (tertiary/aromatic N) is 2. The van der Waals surface area contributed by atoms with Crippen LogP contribution in [0.3, 0.4) is 0 Å². The summed E-state index contributed by atoms with van der Waals surface area (Å²) < 4.78 is 38.6. The number of pyridine rings is 1. The monoisotopic (exact) mass is 343 g/mol. The Kier molecular flexibility index (Phi) is 6.69. The lowest BCUT2D eigenvalue weighted by atomic mass is 9.96. The maximum Gasteiger partial charge on any atom is 0.419 e. The van der Waals surface area contributed by atoms with Crippen LogP contribution in [0.15, 0.2) is 23.3 Å². The Hall–Kier alpha value is -1.99. The molecule has 5 nitrogen and oxygen atoms in total. The van der Waals surface area contributed by atoms with Crippen molar-refractivity contribution < 1.29 is 13.2 Å². The Morgan fingerprint density at radius 2 is 2.00 bits per heavy atom. The van der Waals surface area contributed by atoms with Crippen molar-refractivity contribution >= 4 is 11.8 Å². The number of guanidine groups is 1. The molecule has 1 aromatic heterocycles. The molecule has 0 unspecified atom stereocenters. The van der Waals surface area contributed by atoms with Gasteiger partial charge in [0.05, 0.1) is 5.56 Å². The first kappa shape index (κ1) is 18.4. The highest BCUT2D eigenvalue weighted by molar-refractivity contribution is 5.80. The van der Waals surface area contributed by atoms with Gasteiger partial charge in [0.25, 0.3) is 0 Å². The highest BCUT2D eigenvalue weighted by Crippen LogP contribution is 2.33. The second kappa shape index (κ2) is 8.75. The summed E-state index contributed by atoms with van der Waals surface area (Å²) in [6.07, 6.45) is 2.90. The van der Waals surface area contributed by atoms with E-state index in [4.69, 9.17) is 0 Å². The quantitative estimate of drug-likeness (QED) is 0.437. The third kappa shape index (κ3) is 5.58. The zero-order valence-corrected chi connectivity index (χ0v) is 13.8. The zero-order chi connectivity index (χ0) is 17.4. The van der Waals surface area contributed by atoms with Crippen LogP contribution in [0.25, 0.3) is 0 Å². The van der Waals surface area contributed by atoms with Crippen LogP contribution in [0.5, 0.6) is 0 Å². The van der Waals surface area contributed by atoms with Crippen LogP contribution < -0.4 is 16.0 Å². The molecule has 1 aliphatic carbocycles.